The van der Waals surface area contributed by atoms with Gasteiger partial charge in [-0.2, -0.15) is 0 Å². The molecule has 2 aromatic rings. The SMILES string of the molecule is C[C@]1(c2ccccc2)NC(=O)N(CC(=O)OCC(=O)Nc2ccc(Cl)cc2)C1=O. The lowest BCUT2D eigenvalue weighted by atomic mass is 9.92. The third kappa shape index (κ3) is 4.55. The molecule has 0 bridgehead atoms. The van der Waals surface area contributed by atoms with Crippen molar-refractivity contribution in [3.05, 3.63) is 65.2 Å². The molecule has 1 heterocycles. The Kier molecular flexibility index (Phi) is 5.84. The van der Waals surface area contributed by atoms with Crippen molar-refractivity contribution in [3.63, 3.8) is 0 Å². The van der Waals surface area contributed by atoms with Gasteiger partial charge in [-0.15, -0.1) is 0 Å². The molecule has 4 amide bonds. The number of benzene rings is 2. The Morgan fingerprint density at radius 1 is 1.10 bits per heavy atom. The van der Waals surface area contributed by atoms with Crippen molar-refractivity contribution < 1.29 is 23.9 Å². The molecule has 1 atom stereocenters. The molecular weight excluding hydrogens is 398 g/mol. The number of anilines is 1. The third-order valence-corrected chi connectivity index (χ3v) is 4.66. The first-order chi connectivity index (χ1) is 13.8. The molecule has 8 nitrogen and oxygen atoms in total. The molecule has 0 aromatic heterocycles. The van der Waals surface area contributed by atoms with Gasteiger partial charge in [0.05, 0.1) is 0 Å². The lowest BCUT2D eigenvalue weighted by Crippen LogP contribution is -2.41. The molecule has 3 rings (SSSR count). The zero-order chi connectivity index (χ0) is 21.0. The summed E-state index contributed by atoms with van der Waals surface area (Å²) in [6, 6.07) is 14.4. The highest BCUT2D eigenvalue weighted by atomic mass is 35.5. The van der Waals surface area contributed by atoms with Crippen LogP contribution < -0.4 is 10.6 Å². The van der Waals surface area contributed by atoms with Gasteiger partial charge in [0.1, 0.15) is 12.1 Å². The molecule has 0 saturated carbocycles. The number of nitrogens with zero attached hydrogens (tertiary/aromatic N) is 1. The third-order valence-electron chi connectivity index (χ3n) is 4.41. The highest BCUT2D eigenvalue weighted by Crippen LogP contribution is 2.28. The summed E-state index contributed by atoms with van der Waals surface area (Å²) in [5.41, 5.74) is -0.190. The first-order valence-electron chi connectivity index (χ1n) is 8.70. The van der Waals surface area contributed by atoms with Crippen LogP contribution in [0.3, 0.4) is 0 Å². The van der Waals surface area contributed by atoms with Crippen LogP contribution in [0.1, 0.15) is 12.5 Å². The predicted octanol–water partition coefficient (Wildman–Crippen LogP) is 2.29. The van der Waals surface area contributed by atoms with E-state index in [1.54, 1.807) is 61.5 Å². The number of carbonyl (C=O) groups is 4. The normalized spacial score (nSPS) is 18.3. The Balaban J connectivity index is 1.55. The van der Waals surface area contributed by atoms with E-state index in [0.29, 0.717) is 16.3 Å². The maximum Gasteiger partial charge on any atom is 0.326 e. The summed E-state index contributed by atoms with van der Waals surface area (Å²) in [5.74, 6) is -2.01. The quantitative estimate of drug-likeness (QED) is 0.556. The lowest BCUT2D eigenvalue weighted by Gasteiger charge is -2.21. The van der Waals surface area contributed by atoms with Gasteiger partial charge in [-0.1, -0.05) is 41.9 Å². The highest BCUT2D eigenvalue weighted by molar-refractivity contribution is 6.30. The second kappa shape index (κ2) is 8.32. The Hall–Kier alpha value is -3.39. The van der Waals surface area contributed by atoms with Crippen LogP contribution in [0, 0.1) is 0 Å². The van der Waals surface area contributed by atoms with Gasteiger partial charge in [-0.25, -0.2) is 4.79 Å². The molecule has 0 aliphatic carbocycles. The number of carbonyl (C=O) groups excluding carboxylic acids is 4. The van der Waals surface area contributed by atoms with E-state index in [1.807, 2.05) is 0 Å². The van der Waals surface area contributed by atoms with E-state index >= 15 is 0 Å². The Morgan fingerprint density at radius 3 is 2.41 bits per heavy atom. The lowest BCUT2D eigenvalue weighted by molar-refractivity contribution is -0.150. The first-order valence-corrected chi connectivity index (χ1v) is 9.08. The molecule has 1 aliphatic heterocycles. The summed E-state index contributed by atoms with van der Waals surface area (Å²) >= 11 is 5.77. The van der Waals surface area contributed by atoms with E-state index in [4.69, 9.17) is 16.3 Å². The van der Waals surface area contributed by atoms with Crippen molar-refractivity contribution in [2.24, 2.45) is 0 Å². The molecule has 0 spiro atoms. The van der Waals surface area contributed by atoms with Crippen LogP contribution in [0.25, 0.3) is 0 Å². The number of urea groups is 1. The fraction of sp³-hybridized carbons (Fsp3) is 0.200. The Labute approximate surface area is 171 Å². The fourth-order valence-electron chi connectivity index (χ4n) is 2.86. The number of imide groups is 1. The van der Waals surface area contributed by atoms with Crippen molar-refractivity contribution in [2.75, 3.05) is 18.5 Å². The average Bonchev–Trinajstić information content (AvgIpc) is 2.93. The summed E-state index contributed by atoms with van der Waals surface area (Å²) in [4.78, 5) is 49.6. The van der Waals surface area contributed by atoms with Gasteiger partial charge in [0.2, 0.25) is 0 Å². The van der Waals surface area contributed by atoms with E-state index in [2.05, 4.69) is 10.6 Å². The second-order valence-corrected chi connectivity index (χ2v) is 6.96. The summed E-state index contributed by atoms with van der Waals surface area (Å²) in [6.45, 7) is 0.413. The van der Waals surface area contributed by atoms with E-state index in [1.165, 1.54) is 0 Å². The Bertz CT molecular complexity index is 948. The number of rotatable bonds is 6. The monoisotopic (exact) mass is 415 g/mol. The van der Waals surface area contributed by atoms with Crippen LogP contribution in [0.4, 0.5) is 10.5 Å². The van der Waals surface area contributed by atoms with E-state index in [9.17, 15) is 19.2 Å². The number of hydrogen-bond donors (Lipinski definition) is 2. The zero-order valence-electron chi connectivity index (χ0n) is 15.5. The number of halogens is 1. The summed E-state index contributed by atoms with van der Waals surface area (Å²) < 4.78 is 4.88. The van der Waals surface area contributed by atoms with Crippen molar-refractivity contribution in [2.45, 2.75) is 12.5 Å². The van der Waals surface area contributed by atoms with Crippen LogP contribution in [0.15, 0.2) is 54.6 Å². The van der Waals surface area contributed by atoms with E-state index in [0.717, 1.165) is 4.90 Å². The van der Waals surface area contributed by atoms with Crippen molar-refractivity contribution >= 4 is 41.1 Å². The van der Waals surface area contributed by atoms with Crippen LogP contribution >= 0.6 is 11.6 Å². The number of ether oxygens (including phenoxy) is 1. The minimum absolute atomic E-state index is 0.489. The summed E-state index contributed by atoms with van der Waals surface area (Å²) in [5, 5.41) is 5.65. The fourth-order valence-corrected chi connectivity index (χ4v) is 2.98. The molecule has 0 radical (unpaired) electrons. The summed E-state index contributed by atoms with van der Waals surface area (Å²) in [6.07, 6.45) is 0. The van der Waals surface area contributed by atoms with Crippen molar-refractivity contribution in [1.82, 2.24) is 10.2 Å². The molecule has 150 valence electrons. The molecule has 1 aliphatic rings. The first kappa shape index (κ1) is 20.3. The Morgan fingerprint density at radius 2 is 1.76 bits per heavy atom. The molecule has 2 N–H and O–H groups in total. The molecule has 29 heavy (non-hydrogen) atoms. The van der Waals surface area contributed by atoms with Gasteiger partial charge >= 0.3 is 12.0 Å². The molecule has 1 saturated heterocycles. The minimum Gasteiger partial charge on any atom is -0.454 e. The minimum atomic E-state index is -1.27. The number of esters is 1. The second-order valence-electron chi connectivity index (χ2n) is 6.53. The van der Waals surface area contributed by atoms with Gasteiger partial charge < -0.3 is 15.4 Å². The largest absolute Gasteiger partial charge is 0.454 e. The molecule has 9 heteroatoms. The molecular formula is C20H18ClN3O5. The maximum absolute atomic E-state index is 12.7. The van der Waals surface area contributed by atoms with E-state index < -0.39 is 42.5 Å². The van der Waals surface area contributed by atoms with Crippen molar-refractivity contribution in [1.29, 1.82) is 0 Å². The van der Waals surface area contributed by atoms with E-state index in [-0.39, 0.29) is 0 Å². The van der Waals surface area contributed by atoms with Crippen LogP contribution in [0.5, 0.6) is 0 Å². The van der Waals surface area contributed by atoms with Crippen LogP contribution in [-0.4, -0.2) is 41.9 Å². The zero-order valence-corrected chi connectivity index (χ0v) is 16.2. The number of nitrogens with one attached hydrogen (secondary N) is 2. The number of hydrogen-bond acceptors (Lipinski definition) is 5. The van der Waals surface area contributed by atoms with Gasteiger partial charge in [-0.05, 0) is 36.8 Å². The average molecular weight is 416 g/mol. The van der Waals surface area contributed by atoms with Gasteiger partial charge in [0, 0.05) is 10.7 Å². The van der Waals surface area contributed by atoms with Gasteiger partial charge in [0.25, 0.3) is 11.8 Å². The van der Waals surface area contributed by atoms with Gasteiger partial charge in [-0.3, -0.25) is 19.3 Å². The predicted molar refractivity (Wildman–Crippen MR) is 105 cm³/mol. The molecule has 2 aromatic carbocycles. The van der Waals surface area contributed by atoms with Gasteiger partial charge in [0.15, 0.2) is 6.61 Å². The molecule has 0 unspecified atom stereocenters. The van der Waals surface area contributed by atoms with Crippen LogP contribution in [-0.2, 0) is 24.7 Å². The number of amides is 4. The highest BCUT2D eigenvalue weighted by Gasteiger charge is 2.49. The maximum atomic E-state index is 12.7. The van der Waals surface area contributed by atoms with Crippen LogP contribution in [0.2, 0.25) is 5.02 Å². The standard InChI is InChI=1S/C20H18ClN3O5/c1-20(13-5-3-2-4-6-13)18(27)24(19(28)23-20)11-17(26)29-12-16(25)22-15-9-7-14(21)8-10-15/h2-10H,11-12H2,1H3,(H,22,25)(H,23,28)/t20-/m1/s1. The van der Waals surface area contributed by atoms with Crippen molar-refractivity contribution in [3.8, 4) is 0 Å². The smallest absolute Gasteiger partial charge is 0.326 e. The summed E-state index contributed by atoms with van der Waals surface area (Å²) in [7, 11) is 0. The topological polar surface area (TPSA) is 105 Å². The molecule has 1 fully saturated rings.